The molecule has 2 atom stereocenters. The number of nitrogens with zero attached hydrogens (tertiary/aromatic N) is 3. The van der Waals surface area contributed by atoms with Crippen LogP contribution in [0.5, 0.6) is 17.4 Å². The van der Waals surface area contributed by atoms with Gasteiger partial charge in [-0.2, -0.15) is 4.98 Å². The molecule has 45 heavy (non-hydrogen) atoms. The molecular formula is C30H30F3N5O6S. The number of sulfonamides is 1. The van der Waals surface area contributed by atoms with Crippen LogP contribution in [0.2, 0.25) is 0 Å². The van der Waals surface area contributed by atoms with E-state index in [0.29, 0.717) is 54.1 Å². The van der Waals surface area contributed by atoms with Gasteiger partial charge in [0.15, 0.2) is 5.75 Å². The molecule has 11 nitrogen and oxygen atoms in total. The van der Waals surface area contributed by atoms with Crippen molar-refractivity contribution in [2.75, 3.05) is 24.9 Å². The molecular weight excluding hydrogens is 615 g/mol. The lowest BCUT2D eigenvalue weighted by atomic mass is 9.97. The Bertz CT molecular complexity index is 1760. The van der Waals surface area contributed by atoms with Crippen LogP contribution >= 0.6 is 0 Å². The van der Waals surface area contributed by atoms with E-state index < -0.39 is 33.1 Å². The van der Waals surface area contributed by atoms with Gasteiger partial charge in [0.2, 0.25) is 11.8 Å². The number of halogens is 3. The van der Waals surface area contributed by atoms with E-state index in [-0.39, 0.29) is 17.9 Å². The normalized spacial score (nSPS) is 15.5. The van der Waals surface area contributed by atoms with Crippen molar-refractivity contribution in [2.45, 2.75) is 43.2 Å². The number of alkyl halides is 3. The van der Waals surface area contributed by atoms with E-state index in [1.807, 2.05) is 0 Å². The second-order valence-corrected chi connectivity index (χ2v) is 11.9. The predicted molar refractivity (Wildman–Crippen MR) is 157 cm³/mol. The van der Waals surface area contributed by atoms with Crippen molar-refractivity contribution < 1.29 is 40.9 Å². The van der Waals surface area contributed by atoms with Gasteiger partial charge < -0.3 is 24.6 Å². The molecule has 0 saturated heterocycles. The Hall–Kier alpha value is -4.47. The van der Waals surface area contributed by atoms with Crippen molar-refractivity contribution in [3.05, 3.63) is 83.8 Å². The molecule has 4 aromatic rings. The maximum Gasteiger partial charge on any atom is 0.573 e. The fraction of sp³-hybridized carbons (Fsp3) is 0.300. The predicted octanol–water partition coefficient (Wildman–Crippen LogP) is 4.57. The molecule has 5 rings (SSSR count). The molecule has 3 N–H and O–H groups in total. The molecule has 0 saturated carbocycles. The third-order valence-electron chi connectivity index (χ3n) is 6.93. The largest absolute Gasteiger partial charge is 0.573 e. The maximum absolute atomic E-state index is 13.4. The highest BCUT2D eigenvalue weighted by molar-refractivity contribution is 7.92. The summed E-state index contributed by atoms with van der Waals surface area (Å²) in [7, 11) is -3.28. The summed E-state index contributed by atoms with van der Waals surface area (Å²) in [6.07, 6.45) is -1.46. The number of nitrogens with one attached hydrogen (secondary N) is 2. The molecule has 1 aliphatic heterocycles. The fourth-order valence-electron chi connectivity index (χ4n) is 4.82. The van der Waals surface area contributed by atoms with Gasteiger partial charge in [0.05, 0.1) is 13.2 Å². The van der Waals surface area contributed by atoms with Gasteiger partial charge in [-0.25, -0.2) is 18.1 Å². The topological polar surface area (TPSA) is 145 Å². The minimum Gasteiger partial charge on any atom is -0.489 e. The van der Waals surface area contributed by atoms with Crippen LogP contribution in [0.1, 0.15) is 29.3 Å². The number of hydrogen-bond acceptors (Lipinski definition) is 10. The first-order valence-electron chi connectivity index (χ1n) is 13.8. The summed E-state index contributed by atoms with van der Waals surface area (Å²) in [5.41, 5.74) is 2.78. The number of rotatable bonds is 11. The molecule has 2 unspecified atom stereocenters. The third-order valence-corrected chi connectivity index (χ3v) is 8.29. The van der Waals surface area contributed by atoms with Gasteiger partial charge in [0, 0.05) is 42.8 Å². The van der Waals surface area contributed by atoms with Crippen LogP contribution in [0.4, 0.5) is 19.1 Å². The Balaban J connectivity index is 1.32. The monoisotopic (exact) mass is 645 g/mol. The molecule has 3 heterocycles. The lowest BCUT2D eigenvalue weighted by Gasteiger charge is -2.27. The summed E-state index contributed by atoms with van der Waals surface area (Å²) in [4.78, 5) is 11.1. The van der Waals surface area contributed by atoms with Crippen LogP contribution in [-0.4, -0.2) is 61.1 Å². The minimum atomic E-state index is -5.16. The Morgan fingerprint density at radius 3 is 2.62 bits per heavy atom. The number of fused-ring (bicyclic) bond motifs is 1. The van der Waals surface area contributed by atoms with Crippen molar-refractivity contribution in [1.82, 2.24) is 20.3 Å². The van der Waals surface area contributed by atoms with Gasteiger partial charge in [-0.15, -0.1) is 13.2 Å². The van der Waals surface area contributed by atoms with Crippen LogP contribution in [0.15, 0.2) is 71.9 Å². The highest BCUT2D eigenvalue weighted by Crippen LogP contribution is 2.37. The number of methoxy groups -OCH3 is 1. The van der Waals surface area contributed by atoms with Crippen LogP contribution in [0.25, 0.3) is 11.1 Å². The average Bonchev–Trinajstić information content (AvgIpc) is 2.99. The first-order chi connectivity index (χ1) is 21.4. The second-order valence-electron chi connectivity index (χ2n) is 10.3. The Morgan fingerprint density at radius 2 is 1.89 bits per heavy atom. The molecule has 1 aliphatic rings. The zero-order valence-corrected chi connectivity index (χ0v) is 25.0. The van der Waals surface area contributed by atoms with Crippen LogP contribution < -0.4 is 24.2 Å². The zero-order valence-electron chi connectivity index (χ0n) is 24.2. The van der Waals surface area contributed by atoms with Crippen LogP contribution in [0.3, 0.4) is 0 Å². The van der Waals surface area contributed by atoms with Crippen molar-refractivity contribution in [3.8, 4) is 28.5 Å². The third kappa shape index (κ3) is 8.17. The molecule has 0 aliphatic carbocycles. The number of aryl methyl sites for hydroxylation is 2. The molecule has 0 amide bonds. The lowest BCUT2D eigenvalue weighted by molar-refractivity contribution is -0.275. The summed E-state index contributed by atoms with van der Waals surface area (Å²) < 4.78 is 83.8. The van der Waals surface area contributed by atoms with Crippen LogP contribution in [0, 0.1) is 6.92 Å². The highest BCUT2D eigenvalue weighted by atomic mass is 32.2. The van der Waals surface area contributed by atoms with Crippen molar-refractivity contribution in [2.24, 2.45) is 0 Å². The van der Waals surface area contributed by atoms with Crippen molar-refractivity contribution in [1.29, 1.82) is 0 Å². The summed E-state index contributed by atoms with van der Waals surface area (Å²) in [5, 5.41) is 13.5. The first-order valence-corrected chi connectivity index (χ1v) is 15.3. The number of ether oxygens (including phenoxy) is 3. The molecule has 0 spiro atoms. The fourth-order valence-corrected chi connectivity index (χ4v) is 5.87. The number of aromatic nitrogens is 3. The summed E-state index contributed by atoms with van der Waals surface area (Å²) in [6, 6.07) is 13.6. The van der Waals surface area contributed by atoms with Crippen molar-refractivity contribution >= 4 is 16.0 Å². The van der Waals surface area contributed by atoms with Gasteiger partial charge >= 0.3 is 6.36 Å². The molecule has 15 heteroatoms. The minimum absolute atomic E-state index is 0.0703. The summed E-state index contributed by atoms with van der Waals surface area (Å²) >= 11 is 0. The molecule has 2 aromatic carbocycles. The maximum atomic E-state index is 13.4. The van der Waals surface area contributed by atoms with Gasteiger partial charge in [-0.1, -0.05) is 18.2 Å². The van der Waals surface area contributed by atoms with E-state index in [1.165, 1.54) is 19.2 Å². The Kier molecular flexibility index (Phi) is 9.41. The van der Waals surface area contributed by atoms with E-state index >= 15 is 0 Å². The molecule has 2 aromatic heterocycles. The second kappa shape index (κ2) is 13.3. The lowest BCUT2D eigenvalue weighted by Crippen LogP contribution is -2.36. The standard InChI is InChI=1S/C30H30F3N5O6S/c1-18-12-28(42-2)37-29(36-18)38-45(40,41)27-10-7-20(14-26(27)44-30(31,32)33)19-6-9-25-21(13-19)5-8-23(43-25)16-35-17-24(39)22-4-3-11-34-15-22/h3-4,6-7,9-15,23-24,35,39H,5,8,16-17H2,1-2H3,(H,36,37,38). The number of pyridine rings is 1. The van der Waals surface area contributed by atoms with Gasteiger partial charge in [-0.05, 0) is 66.8 Å². The van der Waals surface area contributed by atoms with E-state index in [1.54, 1.807) is 49.6 Å². The quantitative estimate of drug-likeness (QED) is 0.212. The molecule has 238 valence electrons. The SMILES string of the molecule is COc1cc(C)nc(NS(=O)(=O)c2ccc(-c3ccc4c(c3)CCC(CNCC(O)c3cccnc3)O4)cc2OC(F)(F)F)n1. The first kappa shape index (κ1) is 31.9. The van der Waals surface area contributed by atoms with E-state index in [4.69, 9.17) is 9.47 Å². The van der Waals surface area contributed by atoms with Gasteiger partial charge in [0.25, 0.3) is 10.0 Å². The number of aliphatic hydroxyl groups is 1. The van der Waals surface area contributed by atoms with Gasteiger partial charge in [0.1, 0.15) is 16.7 Å². The number of anilines is 1. The smallest absolute Gasteiger partial charge is 0.489 e. The van der Waals surface area contributed by atoms with E-state index in [9.17, 15) is 26.7 Å². The summed E-state index contributed by atoms with van der Waals surface area (Å²) in [6.45, 7) is 2.40. The number of aliphatic hydroxyl groups excluding tert-OH is 1. The van der Waals surface area contributed by atoms with E-state index in [2.05, 4.69) is 29.7 Å². The zero-order chi connectivity index (χ0) is 32.2. The molecule has 0 radical (unpaired) electrons. The van der Waals surface area contributed by atoms with Gasteiger partial charge in [-0.3, -0.25) is 4.98 Å². The van der Waals surface area contributed by atoms with E-state index in [0.717, 1.165) is 17.7 Å². The highest BCUT2D eigenvalue weighted by Gasteiger charge is 2.35. The summed E-state index contributed by atoms with van der Waals surface area (Å²) in [5.74, 6) is -0.586. The molecule has 0 fully saturated rings. The Morgan fingerprint density at radius 1 is 1.11 bits per heavy atom. The molecule has 0 bridgehead atoms. The number of hydrogen-bond donors (Lipinski definition) is 3. The number of benzene rings is 2. The van der Waals surface area contributed by atoms with Crippen LogP contribution in [-0.2, 0) is 16.4 Å². The van der Waals surface area contributed by atoms with Crippen molar-refractivity contribution in [3.63, 3.8) is 0 Å². The Labute approximate surface area is 257 Å². The average molecular weight is 646 g/mol.